The van der Waals surface area contributed by atoms with Crippen LogP contribution >= 0.6 is 0 Å². The molecule has 2 heterocycles. The van der Waals surface area contributed by atoms with Crippen molar-refractivity contribution < 1.29 is 14.1 Å². The van der Waals surface area contributed by atoms with Crippen molar-refractivity contribution in [1.82, 2.24) is 25.3 Å². The van der Waals surface area contributed by atoms with E-state index in [1.807, 2.05) is 36.9 Å². The number of likely N-dealkylation sites (N-methyl/N-ethyl adjacent to an activating group) is 1. The molecule has 3 aromatic rings. The summed E-state index contributed by atoms with van der Waals surface area (Å²) in [7, 11) is 4.13. The number of carbonyl (C=O) groups excluding carboxylic acids is 1. The van der Waals surface area contributed by atoms with Gasteiger partial charge in [0.1, 0.15) is 11.8 Å². The van der Waals surface area contributed by atoms with Crippen LogP contribution in [0.25, 0.3) is 22.8 Å². The van der Waals surface area contributed by atoms with Crippen LogP contribution in [-0.4, -0.2) is 65.3 Å². The van der Waals surface area contributed by atoms with E-state index in [4.69, 9.17) is 9.26 Å². The van der Waals surface area contributed by atoms with Gasteiger partial charge in [-0.15, -0.1) is 0 Å². The topological polar surface area (TPSA) is 108 Å². The van der Waals surface area contributed by atoms with Gasteiger partial charge in [0.05, 0.1) is 17.7 Å². The quantitative estimate of drug-likeness (QED) is 0.504. The molecular formula is C29H34N6O3. The van der Waals surface area contributed by atoms with Gasteiger partial charge in [0, 0.05) is 30.3 Å². The maximum Gasteiger partial charge on any atom is 0.317 e. The zero-order chi connectivity index (χ0) is 26.8. The average molecular weight is 515 g/mol. The summed E-state index contributed by atoms with van der Waals surface area (Å²) in [5.41, 5.74) is 4.24. The summed E-state index contributed by atoms with van der Waals surface area (Å²) in [5, 5.41) is 17.1. The fourth-order valence-electron chi connectivity index (χ4n) is 5.35. The molecule has 1 fully saturated rings. The number of aromatic nitrogens is 2. The van der Waals surface area contributed by atoms with Gasteiger partial charge >= 0.3 is 6.03 Å². The Hall–Kier alpha value is -3.90. The molecule has 198 valence electrons. The van der Waals surface area contributed by atoms with Gasteiger partial charge in [0.15, 0.2) is 0 Å². The van der Waals surface area contributed by atoms with Gasteiger partial charge in [-0.2, -0.15) is 10.2 Å². The van der Waals surface area contributed by atoms with Crippen LogP contribution in [0.4, 0.5) is 4.79 Å². The average Bonchev–Trinajstić information content (AvgIpc) is 3.59. The number of fused-ring (bicyclic) bond motifs is 1. The van der Waals surface area contributed by atoms with Crippen molar-refractivity contribution in [3.05, 3.63) is 53.1 Å². The summed E-state index contributed by atoms with van der Waals surface area (Å²) < 4.78 is 11.3. The first-order valence-electron chi connectivity index (χ1n) is 13.2. The van der Waals surface area contributed by atoms with Crippen LogP contribution in [0.15, 0.2) is 40.9 Å². The number of nitriles is 1. The molecular weight excluding hydrogens is 480 g/mol. The maximum atomic E-state index is 13.1. The van der Waals surface area contributed by atoms with E-state index in [0.29, 0.717) is 34.6 Å². The van der Waals surface area contributed by atoms with Crippen molar-refractivity contribution in [2.75, 3.05) is 27.2 Å². The lowest BCUT2D eigenvalue weighted by molar-refractivity contribution is 0.198. The number of nitrogens with one attached hydrogen (secondary N) is 1. The number of amides is 2. The molecule has 1 aliphatic carbocycles. The molecule has 2 atom stereocenters. The molecule has 0 spiro atoms. The summed E-state index contributed by atoms with van der Waals surface area (Å²) >= 11 is 0. The monoisotopic (exact) mass is 514 g/mol. The van der Waals surface area contributed by atoms with Gasteiger partial charge in [-0.1, -0.05) is 23.4 Å². The Balaban J connectivity index is 1.37. The number of nitrogens with zero attached hydrogens (tertiary/aromatic N) is 5. The summed E-state index contributed by atoms with van der Waals surface area (Å²) in [6.07, 6.45) is 3.70. The summed E-state index contributed by atoms with van der Waals surface area (Å²) in [4.78, 5) is 21.8. The minimum absolute atomic E-state index is 0.00218. The normalized spacial score (nSPS) is 18.9. The highest BCUT2D eigenvalue weighted by molar-refractivity contribution is 5.76. The molecule has 9 nitrogen and oxygen atoms in total. The van der Waals surface area contributed by atoms with Gasteiger partial charge in [-0.3, -0.25) is 0 Å². The van der Waals surface area contributed by atoms with Gasteiger partial charge in [0.2, 0.25) is 5.82 Å². The van der Waals surface area contributed by atoms with Gasteiger partial charge in [-0.25, -0.2) is 4.79 Å². The van der Waals surface area contributed by atoms with Crippen molar-refractivity contribution in [2.24, 2.45) is 0 Å². The lowest BCUT2D eigenvalue weighted by Crippen LogP contribution is -2.42. The number of ether oxygens (including phenoxy) is 1. The Kier molecular flexibility index (Phi) is 7.34. The van der Waals surface area contributed by atoms with Crippen LogP contribution in [0.5, 0.6) is 5.75 Å². The van der Waals surface area contributed by atoms with E-state index in [9.17, 15) is 10.1 Å². The summed E-state index contributed by atoms with van der Waals surface area (Å²) in [5.74, 6) is 1.37. The first kappa shape index (κ1) is 25.7. The van der Waals surface area contributed by atoms with Crippen molar-refractivity contribution in [3.63, 3.8) is 0 Å². The first-order chi connectivity index (χ1) is 18.3. The van der Waals surface area contributed by atoms with Crippen molar-refractivity contribution in [1.29, 1.82) is 5.26 Å². The Morgan fingerprint density at radius 1 is 1.26 bits per heavy atom. The molecule has 0 saturated carbocycles. The molecule has 2 aromatic carbocycles. The molecule has 0 radical (unpaired) electrons. The lowest BCUT2D eigenvalue weighted by Gasteiger charge is -2.29. The fraction of sp³-hybridized carbons (Fsp3) is 0.448. The standard InChI is InChI=1S/C29H34N6O3/c1-18(2)37-26-12-11-19(15-20(26)16-30)28-32-27(33-38-28)24-9-5-8-23-22(24)7-6-10-25(23)31-29(36)35-14-13-21(17-35)34(3)4/h5,8-9,11-12,15,18,21,25H,6-7,10,13-14,17H2,1-4H3,(H,31,36)/t21-,25-/m1/s1. The zero-order valence-electron chi connectivity index (χ0n) is 22.4. The molecule has 5 rings (SSSR count). The second kappa shape index (κ2) is 10.8. The number of likely N-dealkylation sites (tertiary alicyclic amines) is 1. The smallest absolute Gasteiger partial charge is 0.317 e. The molecule has 0 unspecified atom stereocenters. The summed E-state index contributed by atoms with van der Waals surface area (Å²) in [6.45, 7) is 5.37. The Bertz CT molecular complexity index is 1360. The van der Waals surface area contributed by atoms with Gasteiger partial charge in [0.25, 0.3) is 5.89 Å². The minimum Gasteiger partial charge on any atom is -0.490 e. The molecule has 0 bridgehead atoms. The minimum atomic E-state index is -0.0531. The van der Waals surface area contributed by atoms with Gasteiger partial charge in [-0.05, 0) is 83.0 Å². The Morgan fingerprint density at radius 2 is 2.11 bits per heavy atom. The number of hydrogen-bond acceptors (Lipinski definition) is 7. The van der Waals surface area contributed by atoms with E-state index in [1.54, 1.807) is 12.1 Å². The third-order valence-electron chi connectivity index (χ3n) is 7.36. The fourth-order valence-corrected chi connectivity index (χ4v) is 5.35. The van der Waals surface area contributed by atoms with Crippen LogP contribution in [-0.2, 0) is 6.42 Å². The Labute approximate surface area is 223 Å². The predicted molar refractivity (Wildman–Crippen MR) is 144 cm³/mol. The molecule has 38 heavy (non-hydrogen) atoms. The van der Waals surface area contributed by atoms with E-state index in [2.05, 4.69) is 46.6 Å². The predicted octanol–water partition coefficient (Wildman–Crippen LogP) is 4.79. The molecule has 2 amide bonds. The van der Waals surface area contributed by atoms with E-state index in [1.165, 1.54) is 0 Å². The number of benzene rings is 2. The van der Waals surface area contributed by atoms with Crippen molar-refractivity contribution >= 4 is 6.03 Å². The highest BCUT2D eigenvalue weighted by atomic mass is 16.5. The first-order valence-corrected chi connectivity index (χ1v) is 13.2. The maximum absolute atomic E-state index is 13.1. The largest absolute Gasteiger partial charge is 0.490 e. The second-order valence-corrected chi connectivity index (χ2v) is 10.5. The van der Waals surface area contributed by atoms with Crippen LogP contribution < -0.4 is 10.1 Å². The molecule has 2 aliphatic rings. The second-order valence-electron chi connectivity index (χ2n) is 10.5. The Morgan fingerprint density at radius 3 is 2.84 bits per heavy atom. The van der Waals surface area contributed by atoms with Crippen LogP contribution in [0.3, 0.4) is 0 Å². The SMILES string of the molecule is CC(C)Oc1ccc(-c2nc(-c3cccc4c3CCC[C@H]4NC(=O)N3CC[C@@H](N(C)C)C3)no2)cc1C#N. The molecule has 1 N–H and O–H groups in total. The zero-order valence-corrected chi connectivity index (χ0v) is 22.4. The summed E-state index contributed by atoms with van der Waals surface area (Å²) in [6, 6.07) is 13.9. The van der Waals surface area contributed by atoms with Gasteiger partial charge < -0.3 is 24.4 Å². The number of carbonyl (C=O) groups is 1. The molecule has 1 aliphatic heterocycles. The third kappa shape index (κ3) is 5.22. The van der Waals surface area contributed by atoms with Crippen LogP contribution in [0.2, 0.25) is 0 Å². The van der Waals surface area contributed by atoms with E-state index < -0.39 is 0 Å². The third-order valence-corrected chi connectivity index (χ3v) is 7.36. The number of rotatable bonds is 6. The number of hydrogen-bond donors (Lipinski definition) is 1. The highest BCUT2D eigenvalue weighted by Gasteiger charge is 2.31. The molecule has 9 heteroatoms. The number of urea groups is 1. The highest BCUT2D eigenvalue weighted by Crippen LogP contribution is 2.36. The van der Waals surface area contributed by atoms with E-state index in [-0.39, 0.29) is 18.2 Å². The van der Waals surface area contributed by atoms with E-state index >= 15 is 0 Å². The van der Waals surface area contributed by atoms with Crippen LogP contribution in [0.1, 0.15) is 55.8 Å². The van der Waals surface area contributed by atoms with Crippen molar-refractivity contribution in [3.8, 4) is 34.7 Å². The van der Waals surface area contributed by atoms with Crippen LogP contribution in [0, 0.1) is 11.3 Å². The molecule has 1 aromatic heterocycles. The van der Waals surface area contributed by atoms with Crippen molar-refractivity contribution in [2.45, 2.75) is 57.7 Å². The molecule has 1 saturated heterocycles. The van der Waals surface area contributed by atoms with E-state index in [0.717, 1.165) is 55.5 Å². The lowest BCUT2D eigenvalue weighted by atomic mass is 9.84.